The van der Waals surface area contributed by atoms with Crippen LogP contribution in [0.4, 0.5) is 5.69 Å². The number of carbonyl (C=O) groups is 1. The molecule has 2 aromatic rings. The molecule has 1 aliphatic rings. The fraction of sp³-hybridized carbons (Fsp3) is 0.200. The van der Waals surface area contributed by atoms with E-state index in [4.69, 9.17) is 16.9 Å². The maximum Gasteiger partial charge on any atom is 0.265 e. The average Bonchev–Trinajstić information content (AvgIpc) is 3.02. The van der Waals surface area contributed by atoms with Gasteiger partial charge in [-0.25, -0.2) is 0 Å². The molecule has 1 aromatic heterocycles. The van der Waals surface area contributed by atoms with Crippen molar-refractivity contribution in [1.82, 2.24) is 0 Å². The van der Waals surface area contributed by atoms with Gasteiger partial charge in [-0.2, -0.15) is 5.26 Å². The molecular weight excluding hydrogens is 292 g/mol. The van der Waals surface area contributed by atoms with Gasteiger partial charge in [-0.05, 0) is 49.1 Å². The summed E-state index contributed by atoms with van der Waals surface area (Å²) < 4.78 is 0. The zero-order valence-electron chi connectivity index (χ0n) is 10.6. The van der Waals surface area contributed by atoms with Crippen molar-refractivity contribution in [3.63, 3.8) is 0 Å². The number of aryl methyl sites for hydroxylation is 2. The van der Waals surface area contributed by atoms with Gasteiger partial charge in [-0.1, -0.05) is 11.6 Å². The predicted octanol–water partition coefficient (Wildman–Crippen LogP) is 4.01. The van der Waals surface area contributed by atoms with E-state index >= 15 is 0 Å². The summed E-state index contributed by atoms with van der Waals surface area (Å²) in [6.07, 6.45) is 3.31. The molecule has 1 aromatic carbocycles. The van der Waals surface area contributed by atoms with Crippen LogP contribution in [0.3, 0.4) is 0 Å². The fourth-order valence-electron chi connectivity index (χ4n) is 2.32. The van der Waals surface area contributed by atoms with Crippen molar-refractivity contribution >= 4 is 34.5 Å². The van der Waals surface area contributed by atoms with Crippen LogP contribution < -0.4 is 5.32 Å². The highest BCUT2D eigenvalue weighted by Crippen LogP contribution is 2.31. The number of carbonyl (C=O) groups excluding carboxylic acids is 1. The van der Waals surface area contributed by atoms with Crippen LogP contribution in [0.25, 0.3) is 0 Å². The monoisotopic (exact) mass is 302 g/mol. The minimum atomic E-state index is -0.165. The minimum absolute atomic E-state index is 0.165. The Morgan fingerprint density at radius 2 is 2.20 bits per heavy atom. The molecule has 1 aliphatic carbocycles. The Morgan fingerprint density at radius 3 is 2.95 bits per heavy atom. The molecule has 0 radical (unpaired) electrons. The van der Waals surface area contributed by atoms with E-state index in [-0.39, 0.29) is 5.91 Å². The van der Waals surface area contributed by atoms with Gasteiger partial charge in [-0.3, -0.25) is 4.79 Å². The van der Waals surface area contributed by atoms with E-state index in [1.54, 1.807) is 29.5 Å². The van der Waals surface area contributed by atoms with E-state index in [9.17, 15) is 4.79 Å². The number of nitrogens with zero attached hydrogens (tertiary/aromatic N) is 1. The van der Waals surface area contributed by atoms with E-state index in [1.165, 1.54) is 16.9 Å². The van der Waals surface area contributed by atoms with Gasteiger partial charge < -0.3 is 5.32 Å². The molecule has 3 rings (SSSR count). The smallest absolute Gasteiger partial charge is 0.265 e. The molecule has 1 N–H and O–H groups in total. The summed E-state index contributed by atoms with van der Waals surface area (Å²) in [5, 5.41) is 12.1. The number of thiophene rings is 1. The van der Waals surface area contributed by atoms with Crippen molar-refractivity contribution < 1.29 is 4.79 Å². The quantitative estimate of drug-likeness (QED) is 0.911. The maximum absolute atomic E-state index is 12.2. The van der Waals surface area contributed by atoms with E-state index < -0.39 is 0 Å². The Morgan fingerprint density at radius 1 is 1.35 bits per heavy atom. The number of nitriles is 1. The Hall–Kier alpha value is -1.83. The van der Waals surface area contributed by atoms with Gasteiger partial charge in [0.1, 0.15) is 0 Å². The number of anilines is 1. The summed E-state index contributed by atoms with van der Waals surface area (Å²) in [5.41, 5.74) is 2.24. The average molecular weight is 303 g/mol. The lowest BCUT2D eigenvalue weighted by molar-refractivity contribution is 0.103. The van der Waals surface area contributed by atoms with Crippen LogP contribution in [0.1, 0.15) is 32.1 Å². The first-order valence-corrected chi connectivity index (χ1v) is 7.49. The molecule has 100 valence electrons. The second-order valence-corrected chi connectivity index (χ2v) is 6.22. The molecule has 0 unspecified atom stereocenters. The van der Waals surface area contributed by atoms with E-state index in [0.717, 1.165) is 12.8 Å². The Balaban J connectivity index is 1.83. The van der Waals surface area contributed by atoms with Crippen LogP contribution in [-0.2, 0) is 12.8 Å². The molecule has 0 saturated heterocycles. The van der Waals surface area contributed by atoms with Gasteiger partial charge in [0.15, 0.2) is 0 Å². The molecule has 0 saturated carbocycles. The van der Waals surface area contributed by atoms with Crippen molar-refractivity contribution in [1.29, 1.82) is 5.26 Å². The molecule has 3 nitrogen and oxygen atoms in total. The third-order valence-electron chi connectivity index (χ3n) is 3.31. The first kappa shape index (κ1) is 13.2. The second-order valence-electron chi connectivity index (χ2n) is 4.67. The SMILES string of the molecule is N#Cc1ccc(Cl)c(NC(=O)c2cc3c(s2)CCC3)c1. The first-order valence-electron chi connectivity index (χ1n) is 6.30. The fourth-order valence-corrected chi connectivity index (χ4v) is 3.63. The van der Waals surface area contributed by atoms with Crippen molar-refractivity contribution in [3.05, 3.63) is 50.2 Å². The molecule has 5 heteroatoms. The van der Waals surface area contributed by atoms with Crippen molar-refractivity contribution in [2.24, 2.45) is 0 Å². The lowest BCUT2D eigenvalue weighted by Gasteiger charge is -2.06. The number of fused-ring (bicyclic) bond motifs is 1. The molecule has 1 amide bonds. The number of rotatable bonds is 2. The highest BCUT2D eigenvalue weighted by Gasteiger charge is 2.19. The summed E-state index contributed by atoms with van der Waals surface area (Å²) >= 11 is 7.58. The third kappa shape index (κ3) is 2.43. The zero-order chi connectivity index (χ0) is 14.1. The van der Waals surface area contributed by atoms with Gasteiger partial charge in [0.2, 0.25) is 0 Å². The molecule has 20 heavy (non-hydrogen) atoms. The third-order valence-corrected chi connectivity index (χ3v) is 4.88. The number of benzene rings is 1. The molecule has 0 spiro atoms. The number of nitrogens with one attached hydrogen (secondary N) is 1. The van der Waals surface area contributed by atoms with Crippen LogP contribution in [0, 0.1) is 11.3 Å². The maximum atomic E-state index is 12.2. The van der Waals surface area contributed by atoms with Gasteiger partial charge >= 0.3 is 0 Å². The number of amides is 1. The van der Waals surface area contributed by atoms with Crippen LogP contribution >= 0.6 is 22.9 Å². The second kappa shape index (κ2) is 5.28. The van der Waals surface area contributed by atoms with Gasteiger partial charge in [0.25, 0.3) is 5.91 Å². The molecule has 0 aliphatic heterocycles. The van der Waals surface area contributed by atoms with Crippen molar-refractivity contribution in [2.75, 3.05) is 5.32 Å². The minimum Gasteiger partial charge on any atom is -0.320 e. The molecule has 0 fully saturated rings. The molecule has 1 heterocycles. The highest BCUT2D eigenvalue weighted by molar-refractivity contribution is 7.14. The summed E-state index contributed by atoms with van der Waals surface area (Å²) in [6, 6.07) is 8.82. The lowest BCUT2D eigenvalue weighted by atomic mass is 10.2. The van der Waals surface area contributed by atoms with Gasteiger partial charge in [0, 0.05) is 4.88 Å². The number of hydrogen-bond donors (Lipinski definition) is 1. The number of hydrogen-bond acceptors (Lipinski definition) is 3. The summed E-state index contributed by atoms with van der Waals surface area (Å²) in [6.45, 7) is 0. The zero-order valence-corrected chi connectivity index (χ0v) is 12.1. The van der Waals surface area contributed by atoms with Crippen molar-refractivity contribution in [2.45, 2.75) is 19.3 Å². The topological polar surface area (TPSA) is 52.9 Å². The normalized spacial score (nSPS) is 12.8. The highest BCUT2D eigenvalue weighted by atomic mass is 35.5. The van der Waals surface area contributed by atoms with E-state index in [1.807, 2.05) is 12.1 Å². The molecular formula is C15H11ClN2OS. The summed E-state index contributed by atoms with van der Waals surface area (Å²) in [5.74, 6) is -0.165. The molecule has 0 bridgehead atoms. The number of halogens is 1. The van der Waals surface area contributed by atoms with E-state index in [0.29, 0.717) is 21.2 Å². The summed E-state index contributed by atoms with van der Waals surface area (Å²) in [7, 11) is 0. The Bertz CT molecular complexity index is 708. The van der Waals surface area contributed by atoms with Crippen LogP contribution in [0.2, 0.25) is 5.02 Å². The Labute approximate surface area is 125 Å². The summed E-state index contributed by atoms with van der Waals surface area (Å²) in [4.78, 5) is 14.2. The predicted molar refractivity (Wildman–Crippen MR) is 80.5 cm³/mol. The molecule has 0 atom stereocenters. The Kier molecular flexibility index (Phi) is 3.47. The standard InChI is InChI=1S/C15H11ClN2OS/c16-11-5-4-9(8-17)6-12(11)18-15(19)14-7-10-2-1-3-13(10)20-14/h4-7H,1-3H2,(H,18,19). The van der Waals surface area contributed by atoms with Crippen LogP contribution in [-0.4, -0.2) is 5.91 Å². The van der Waals surface area contributed by atoms with E-state index in [2.05, 4.69) is 5.32 Å². The lowest BCUT2D eigenvalue weighted by Crippen LogP contribution is -2.10. The van der Waals surface area contributed by atoms with Gasteiger partial charge in [0.05, 0.1) is 27.2 Å². The van der Waals surface area contributed by atoms with Crippen molar-refractivity contribution in [3.8, 4) is 6.07 Å². The largest absolute Gasteiger partial charge is 0.320 e. The van der Waals surface area contributed by atoms with Crippen LogP contribution in [0.15, 0.2) is 24.3 Å². The van der Waals surface area contributed by atoms with Gasteiger partial charge in [-0.15, -0.1) is 11.3 Å². The van der Waals surface area contributed by atoms with Crippen LogP contribution in [0.5, 0.6) is 0 Å². The first-order chi connectivity index (χ1) is 9.67.